The normalized spacial score (nSPS) is 25.4. The van der Waals surface area contributed by atoms with Crippen LogP contribution in [-0.4, -0.2) is 28.9 Å². The molecular formula is C18H19N2O5PS. The second-order valence-electron chi connectivity index (χ2n) is 5.79. The number of aromatic amines is 1. The van der Waals surface area contributed by atoms with Crippen LogP contribution in [-0.2, 0) is 18.3 Å². The van der Waals surface area contributed by atoms with Gasteiger partial charge in [0.2, 0.25) is 0 Å². The van der Waals surface area contributed by atoms with Crippen LogP contribution < -0.4 is 5.56 Å². The molecule has 1 aromatic heterocycles. The molecule has 142 valence electrons. The SMILES string of the molecule is C#C/C=C\C1=C(C=C)OP(OCC2CCC(n3ccc(=O)[nH]c3=S)O2)OC1. The highest BCUT2D eigenvalue weighted by Gasteiger charge is 2.30. The van der Waals surface area contributed by atoms with Gasteiger partial charge in [-0.1, -0.05) is 12.5 Å². The third-order valence-electron chi connectivity index (χ3n) is 3.99. The van der Waals surface area contributed by atoms with Crippen LogP contribution in [0, 0.1) is 17.1 Å². The first kappa shape index (κ1) is 19.7. The predicted octanol–water partition coefficient (Wildman–Crippen LogP) is 3.50. The minimum Gasteiger partial charge on any atom is -0.426 e. The standard InChI is InChI=1S/C18H19N2O5PS/c1-3-5-6-13-11-22-26(25-15(13)4-2)23-12-14-7-8-17(24-14)20-10-9-16(21)19-18(20)27/h1,4-6,9-10,14,17H,2,7-8,11-12H2,(H,19,21,27)/b6-5-. The second kappa shape index (κ2) is 9.27. The monoisotopic (exact) mass is 406 g/mol. The van der Waals surface area contributed by atoms with Gasteiger partial charge in [-0.2, -0.15) is 0 Å². The summed E-state index contributed by atoms with van der Waals surface area (Å²) >= 11 is 5.18. The number of hydrogen-bond donors (Lipinski definition) is 1. The van der Waals surface area contributed by atoms with Crippen LogP contribution >= 0.6 is 20.8 Å². The third kappa shape index (κ3) is 5.04. The maximum absolute atomic E-state index is 11.3. The number of rotatable bonds is 6. The van der Waals surface area contributed by atoms with Crippen LogP contribution in [0.1, 0.15) is 19.1 Å². The van der Waals surface area contributed by atoms with E-state index in [-0.39, 0.29) is 17.9 Å². The molecule has 2 aliphatic heterocycles. The largest absolute Gasteiger partial charge is 0.426 e. The van der Waals surface area contributed by atoms with Crippen molar-refractivity contribution in [2.24, 2.45) is 0 Å². The van der Waals surface area contributed by atoms with E-state index < -0.39 is 8.60 Å². The molecule has 0 amide bonds. The van der Waals surface area contributed by atoms with Crippen molar-refractivity contribution in [1.29, 1.82) is 0 Å². The fraction of sp³-hybridized carbons (Fsp3) is 0.333. The highest BCUT2D eigenvalue weighted by Crippen LogP contribution is 2.47. The smallest absolute Gasteiger partial charge is 0.397 e. The van der Waals surface area contributed by atoms with Gasteiger partial charge in [0.15, 0.2) is 4.77 Å². The van der Waals surface area contributed by atoms with Crippen molar-refractivity contribution in [2.75, 3.05) is 13.2 Å². The minimum atomic E-state index is -1.52. The van der Waals surface area contributed by atoms with Gasteiger partial charge in [0.05, 0.1) is 19.3 Å². The number of allylic oxidation sites excluding steroid dienone is 2. The molecule has 2 aliphatic rings. The molecule has 0 saturated carbocycles. The van der Waals surface area contributed by atoms with Crippen molar-refractivity contribution < 1.29 is 18.3 Å². The average molecular weight is 406 g/mol. The molecule has 1 N–H and O–H groups in total. The summed E-state index contributed by atoms with van der Waals surface area (Å²) < 4.78 is 25.1. The highest BCUT2D eigenvalue weighted by atomic mass is 32.1. The molecule has 3 unspecified atom stereocenters. The Morgan fingerprint density at radius 2 is 2.41 bits per heavy atom. The van der Waals surface area contributed by atoms with Crippen molar-refractivity contribution in [2.45, 2.75) is 25.2 Å². The van der Waals surface area contributed by atoms with E-state index in [0.717, 1.165) is 18.4 Å². The molecule has 0 radical (unpaired) electrons. The lowest BCUT2D eigenvalue weighted by atomic mass is 10.2. The van der Waals surface area contributed by atoms with Crippen LogP contribution in [0.25, 0.3) is 0 Å². The number of hydrogen-bond acceptors (Lipinski definition) is 6. The Morgan fingerprint density at radius 1 is 1.56 bits per heavy atom. The van der Waals surface area contributed by atoms with E-state index in [0.29, 0.717) is 23.7 Å². The molecule has 0 spiro atoms. The number of ether oxygens (including phenoxy) is 1. The van der Waals surface area contributed by atoms with Gasteiger partial charge in [-0.05, 0) is 43.3 Å². The van der Waals surface area contributed by atoms with E-state index in [2.05, 4.69) is 17.5 Å². The molecule has 9 heteroatoms. The van der Waals surface area contributed by atoms with Gasteiger partial charge in [0, 0.05) is 17.8 Å². The molecule has 3 rings (SSSR count). The Morgan fingerprint density at radius 3 is 3.15 bits per heavy atom. The number of aromatic nitrogens is 2. The molecule has 3 heterocycles. The van der Waals surface area contributed by atoms with Crippen molar-refractivity contribution in [3.8, 4) is 12.3 Å². The van der Waals surface area contributed by atoms with Crippen molar-refractivity contribution >= 4 is 20.8 Å². The lowest BCUT2D eigenvalue weighted by Gasteiger charge is -2.25. The number of H-pyrrole nitrogens is 1. The van der Waals surface area contributed by atoms with E-state index >= 15 is 0 Å². The average Bonchev–Trinajstić information content (AvgIpc) is 3.13. The number of nitrogens with one attached hydrogen (secondary N) is 1. The molecule has 3 atom stereocenters. The fourth-order valence-corrected chi connectivity index (χ4v) is 4.03. The van der Waals surface area contributed by atoms with Crippen LogP contribution in [0.5, 0.6) is 0 Å². The van der Waals surface area contributed by atoms with Gasteiger partial charge in [0.1, 0.15) is 12.0 Å². The Labute approximate surface area is 163 Å². The zero-order valence-corrected chi connectivity index (χ0v) is 16.2. The van der Waals surface area contributed by atoms with E-state index in [4.69, 9.17) is 36.9 Å². The first-order valence-electron chi connectivity index (χ1n) is 8.30. The van der Waals surface area contributed by atoms with E-state index in [9.17, 15) is 4.79 Å². The topological polar surface area (TPSA) is 74.7 Å². The molecule has 0 aromatic carbocycles. The lowest BCUT2D eigenvalue weighted by Crippen LogP contribution is -2.19. The second-order valence-corrected chi connectivity index (χ2v) is 7.32. The van der Waals surface area contributed by atoms with Gasteiger partial charge in [-0.15, -0.1) is 6.42 Å². The zero-order valence-electron chi connectivity index (χ0n) is 14.5. The Balaban J connectivity index is 1.53. The summed E-state index contributed by atoms with van der Waals surface area (Å²) in [4.78, 5) is 13.9. The maximum atomic E-state index is 11.3. The first-order chi connectivity index (χ1) is 13.1. The van der Waals surface area contributed by atoms with Gasteiger partial charge < -0.3 is 9.26 Å². The van der Waals surface area contributed by atoms with E-state index in [1.807, 2.05) is 0 Å². The lowest BCUT2D eigenvalue weighted by molar-refractivity contribution is -0.0223. The van der Waals surface area contributed by atoms with Crippen molar-refractivity contribution in [3.05, 3.63) is 63.5 Å². The summed E-state index contributed by atoms with van der Waals surface area (Å²) in [6, 6.07) is 1.42. The Hall–Kier alpha value is -2.01. The molecular weight excluding hydrogens is 387 g/mol. The summed E-state index contributed by atoms with van der Waals surface area (Å²) in [5.74, 6) is 3.03. The third-order valence-corrected chi connectivity index (χ3v) is 5.35. The number of terminal acetylenes is 1. The molecule has 1 aromatic rings. The van der Waals surface area contributed by atoms with Gasteiger partial charge in [0.25, 0.3) is 5.56 Å². The van der Waals surface area contributed by atoms with Crippen molar-refractivity contribution in [3.63, 3.8) is 0 Å². The van der Waals surface area contributed by atoms with Gasteiger partial charge in [-0.25, -0.2) is 0 Å². The molecule has 7 nitrogen and oxygen atoms in total. The summed E-state index contributed by atoms with van der Waals surface area (Å²) in [7, 11) is -1.52. The maximum Gasteiger partial charge on any atom is 0.397 e. The summed E-state index contributed by atoms with van der Waals surface area (Å²) in [5, 5.41) is 0. The summed E-state index contributed by atoms with van der Waals surface area (Å²) in [6.45, 7) is 4.41. The van der Waals surface area contributed by atoms with Crippen LogP contribution in [0.4, 0.5) is 0 Å². The van der Waals surface area contributed by atoms with Crippen LogP contribution in [0.3, 0.4) is 0 Å². The molecule has 0 bridgehead atoms. The summed E-state index contributed by atoms with van der Waals surface area (Å²) in [6.07, 6.45) is 13.0. The van der Waals surface area contributed by atoms with Gasteiger partial charge in [-0.3, -0.25) is 23.4 Å². The first-order valence-corrected chi connectivity index (χ1v) is 9.80. The van der Waals surface area contributed by atoms with Crippen LogP contribution in [0.2, 0.25) is 0 Å². The zero-order chi connectivity index (χ0) is 19.2. The fourth-order valence-electron chi connectivity index (χ4n) is 2.68. The molecule has 1 saturated heterocycles. The van der Waals surface area contributed by atoms with E-state index in [1.54, 1.807) is 29.0 Å². The number of nitrogens with zero attached hydrogens (tertiary/aromatic N) is 1. The summed E-state index contributed by atoms with van der Waals surface area (Å²) in [5.41, 5.74) is 0.584. The quantitative estimate of drug-likeness (QED) is 0.443. The van der Waals surface area contributed by atoms with Gasteiger partial charge >= 0.3 is 8.60 Å². The molecule has 27 heavy (non-hydrogen) atoms. The van der Waals surface area contributed by atoms with E-state index in [1.165, 1.54) is 6.07 Å². The highest BCUT2D eigenvalue weighted by molar-refractivity contribution is 7.71. The molecule has 1 fully saturated rings. The van der Waals surface area contributed by atoms with Crippen molar-refractivity contribution in [1.82, 2.24) is 9.55 Å². The predicted molar refractivity (Wildman–Crippen MR) is 104 cm³/mol. The minimum absolute atomic E-state index is 0.113. The Kier molecular flexibility index (Phi) is 6.78. The van der Waals surface area contributed by atoms with Crippen LogP contribution in [0.15, 0.2) is 53.2 Å². The Bertz CT molecular complexity index is 913. The molecule has 0 aliphatic carbocycles.